The third kappa shape index (κ3) is 1.98. The molecule has 2 heterocycles. The fourth-order valence-electron chi connectivity index (χ4n) is 1.94. The van der Waals surface area contributed by atoms with Crippen LogP contribution < -0.4 is 0 Å². The van der Waals surface area contributed by atoms with E-state index in [-0.39, 0.29) is 5.92 Å². The van der Waals surface area contributed by atoms with Crippen LogP contribution in [0.3, 0.4) is 0 Å². The van der Waals surface area contributed by atoms with Crippen molar-refractivity contribution < 1.29 is 0 Å². The second-order valence-corrected chi connectivity index (χ2v) is 3.87. The predicted molar refractivity (Wildman–Crippen MR) is 65.8 cm³/mol. The molecule has 0 saturated carbocycles. The number of aromatic amines is 1. The Morgan fingerprint density at radius 2 is 1.78 bits per heavy atom. The summed E-state index contributed by atoms with van der Waals surface area (Å²) < 4.78 is 0. The molecular weight excluding hydrogens is 226 g/mol. The average Bonchev–Trinajstić information content (AvgIpc) is 2.95. The summed E-state index contributed by atoms with van der Waals surface area (Å²) in [6, 6.07) is 15.9. The van der Waals surface area contributed by atoms with E-state index in [1.54, 1.807) is 6.20 Å². The Bertz CT molecular complexity index is 552. The number of benzene rings is 1. The second-order valence-electron chi connectivity index (χ2n) is 3.87. The first-order chi connectivity index (χ1) is 8.95. The molecule has 0 radical (unpaired) electrons. The minimum absolute atomic E-state index is 0.0915. The molecule has 0 aliphatic rings. The molecule has 5 nitrogen and oxygen atoms in total. The molecule has 1 atom stereocenters. The maximum absolute atomic E-state index is 4.39. The predicted octanol–water partition coefficient (Wildman–Crippen LogP) is 1.77. The van der Waals surface area contributed by atoms with Crippen molar-refractivity contribution in [2.45, 2.75) is 5.92 Å². The van der Waals surface area contributed by atoms with Crippen LogP contribution in [-0.2, 0) is 0 Å². The van der Waals surface area contributed by atoms with Gasteiger partial charge < -0.3 is 0 Å². The number of tetrazole rings is 1. The number of rotatable bonds is 3. The Kier molecular flexibility index (Phi) is 2.79. The summed E-state index contributed by atoms with van der Waals surface area (Å²) in [7, 11) is 0. The summed E-state index contributed by atoms with van der Waals surface area (Å²) >= 11 is 0. The van der Waals surface area contributed by atoms with Crippen LogP contribution in [0.15, 0.2) is 54.7 Å². The lowest BCUT2D eigenvalue weighted by molar-refractivity contribution is 0.829. The van der Waals surface area contributed by atoms with Crippen molar-refractivity contribution in [3.05, 3.63) is 71.8 Å². The highest BCUT2D eigenvalue weighted by atomic mass is 15.5. The molecule has 0 aliphatic heterocycles. The Morgan fingerprint density at radius 3 is 2.44 bits per heavy atom. The van der Waals surface area contributed by atoms with E-state index in [0.29, 0.717) is 5.82 Å². The topological polar surface area (TPSA) is 67.3 Å². The molecule has 0 fully saturated rings. The molecule has 0 bridgehead atoms. The van der Waals surface area contributed by atoms with Crippen LogP contribution in [0.25, 0.3) is 0 Å². The van der Waals surface area contributed by atoms with Gasteiger partial charge in [-0.15, -0.1) is 10.2 Å². The number of hydrogen-bond acceptors (Lipinski definition) is 4. The molecule has 5 heteroatoms. The third-order valence-corrected chi connectivity index (χ3v) is 2.74. The lowest BCUT2D eigenvalue weighted by Crippen LogP contribution is -2.07. The van der Waals surface area contributed by atoms with Crippen LogP contribution in [0, 0.1) is 0 Å². The van der Waals surface area contributed by atoms with Gasteiger partial charge in [-0.3, -0.25) is 4.98 Å². The normalized spacial score (nSPS) is 12.2. The van der Waals surface area contributed by atoms with E-state index in [4.69, 9.17) is 0 Å². The minimum Gasteiger partial charge on any atom is -0.260 e. The van der Waals surface area contributed by atoms with E-state index >= 15 is 0 Å². The Morgan fingerprint density at radius 1 is 0.944 bits per heavy atom. The summed E-state index contributed by atoms with van der Waals surface area (Å²) in [4.78, 5) is 4.39. The Hall–Kier alpha value is -2.56. The molecule has 0 aliphatic carbocycles. The summed E-state index contributed by atoms with van der Waals surface area (Å²) in [5.74, 6) is 0.533. The maximum atomic E-state index is 4.39. The van der Waals surface area contributed by atoms with Gasteiger partial charge in [-0.05, 0) is 17.7 Å². The van der Waals surface area contributed by atoms with Gasteiger partial charge in [-0.25, -0.2) is 0 Å². The lowest BCUT2D eigenvalue weighted by atomic mass is 9.94. The lowest BCUT2D eigenvalue weighted by Gasteiger charge is -2.12. The second kappa shape index (κ2) is 4.75. The van der Waals surface area contributed by atoms with Gasteiger partial charge in [-0.2, -0.15) is 5.21 Å². The van der Waals surface area contributed by atoms with Crippen LogP contribution >= 0.6 is 0 Å². The fourth-order valence-corrected chi connectivity index (χ4v) is 1.94. The molecule has 18 heavy (non-hydrogen) atoms. The van der Waals surface area contributed by atoms with Crippen LogP contribution in [0.1, 0.15) is 23.0 Å². The smallest absolute Gasteiger partial charge is 0.187 e. The zero-order valence-corrected chi connectivity index (χ0v) is 9.56. The summed E-state index contributed by atoms with van der Waals surface area (Å²) in [5, 5.41) is 14.3. The molecular formula is C13H11N5. The molecule has 1 aromatic carbocycles. The Labute approximate surface area is 104 Å². The maximum Gasteiger partial charge on any atom is 0.187 e. The van der Waals surface area contributed by atoms with Crippen LogP contribution in [0.5, 0.6) is 0 Å². The van der Waals surface area contributed by atoms with Crippen molar-refractivity contribution in [2.75, 3.05) is 0 Å². The van der Waals surface area contributed by atoms with Gasteiger partial charge in [0.15, 0.2) is 5.82 Å². The third-order valence-electron chi connectivity index (χ3n) is 2.74. The van der Waals surface area contributed by atoms with Crippen molar-refractivity contribution in [3.63, 3.8) is 0 Å². The van der Waals surface area contributed by atoms with E-state index in [1.165, 1.54) is 0 Å². The molecule has 2 aromatic heterocycles. The summed E-state index contributed by atoms with van der Waals surface area (Å²) in [6.07, 6.45) is 1.77. The first-order valence-corrected chi connectivity index (χ1v) is 5.64. The monoisotopic (exact) mass is 237 g/mol. The van der Waals surface area contributed by atoms with E-state index in [9.17, 15) is 0 Å². The first kappa shape index (κ1) is 10.6. The molecule has 0 unspecified atom stereocenters. The number of nitrogens with one attached hydrogen (secondary N) is 1. The van der Waals surface area contributed by atoms with Crippen molar-refractivity contribution in [2.24, 2.45) is 0 Å². The standard InChI is InChI=1S/C13H11N5/c1-2-6-10(7-3-1)12(13-15-17-18-16-13)11-8-4-5-9-14-11/h1-9,12H,(H,15,16,17,18)/t12-/m0/s1. The van der Waals surface area contributed by atoms with Gasteiger partial charge in [0.25, 0.3) is 0 Å². The SMILES string of the molecule is c1ccc([C@@H](c2ccccn2)c2nn[nH]n2)cc1. The number of H-pyrrole nitrogens is 1. The number of pyridine rings is 1. The van der Waals surface area contributed by atoms with Crippen molar-refractivity contribution >= 4 is 0 Å². The largest absolute Gasteiger partial charge is 0.260 e. The van der Waals surface area contributed by atoms with Gasteiger partial charge >= 0.3 is 0 Å². The van der Waals surface area contributed by atoms with E-state index in [0.717, 1.165) is 11.3 Å². The molecule has 0 saturated heterocycles. The zero-order valence-electron chi connectivity index (χ0n) is 9.56. The first-order valence-electron chi connectivity index (χ1n) is 5.64. The molecule has 3 rings (SSSR count). The van der Waals surface area contributed by atoms with Crippen LogP contribution in [0.4, 0.5) is 0 Å². The number of hydrogen-bond donors (Lipinski definition) is 1. The summed E-state index contributed by atoms with van der Waals surface area (Å²) in [5.41, 5.74) is 2.00. The van der Waals surface area contributed by atoms with Gasteiger partial charge in [0.05, 0.1) is 11.6 Å². The van der Waals surface area contributed by atoms with Gasteiger partial charge in [0.2, 0.25) is 0 Å². The number of aromatic nitrogens is 5. The van der Waals surface area contributed by atoms with E-state index in [1.807, 2.05) is 48.5 Å². The summed E-state index contributed by atoms with van der Waals surface area (Å²) in [6.45, 7) is 0. The van der Waals surface area contributed by atoms with Crippen LogP contribution in [-0.4, -0.2) is 25.6 Å². The number of nitrogens with zero attached hydrogens (tertiary/aromatic N) is 4. The van der Waals surface area contributed by atoms with Crippen molar-refractivity contribution in [1.29, 1.82) is 0 Å². The molecule has 3 aromatic rings. The van der Waals surface area contributed by atoms with Crippen molar-refractivity contribution in [1.82, 2.24) is 25.6 Å². The van der Waals surface area contributed by atoms with Gasteiger partial charge in [0.1, 0.15) is 0 Å². The molecule has 1 N–H and O–H groups in total. The highest BCUT2D eigenvalue weighted by Gasteiger charge is 2.21. The minimum atomic E-state index is -0.0915. The van der Waals surface area contributed by atoms with E-state index < -0.39 is 0 Å². The highest BCUT2D eigenvalue weighted by molar-refractivity contribution is 5.34. The van der Waals surface area contributed by atoms with Crippen molar-refractivity contribution in [3.8, 4) is 0 Å². The molecule has 88 valence electrons. The molecule has 0 amide bonds. The zero-order chi connectivity index (χ0) is 12.2. The average molecular weight is 237 g/mol. The molecule has 0 spiro atoms. The van der Waals surface area contributed by atoms with Gasteiger partial charge in [0, 0.05) is 6.20 Å². The Balaban J connectivity index is 2.11. The van der Waals surface area contributed by atoms with Gasteiger partial charge in [-0.1, -0.05) is 41.6 Å². The quantitative estimate of drug-likeness (QED) is 0.754. The van der Waals surface area contributed by atoms with E-state index in [2.05, 4.69) is 25.6 Å². The van der Waals surface area contributed by atoms with Crippen LogP contribution in [0.2, 0.25) is 0 Å². The highest BCUT2D eigenvalue weighted by Crippen LogP contribution is 2.27. The fraction of sp³-hybridized carbons (Fsp3) is 0.0769.